The van der Waals surface area contributed by atoms with Gasteiger partial charge in [-0.15, -0.1) is 0 Å². The van der Waals surface area contributed by atoms with Crippen molar-refractivity contribution in [3.8, 4) is 5.75 Å². The second-order valence-electron chi connectivity index (χ2n) is 3.70. The summed E-state index contributed by atoms with van der Waals surface area (Å²) in [6, 6.07) is 5.56. The lowest BCUT2D eigenvalue weighted by Gasteiger charge is -2.14. The van der Waals surface area contributed by atoms with Gasteiger partial charge in [0.25, 0.3) is 0 Å². The van der Waals surface area contributed by atoms with Gasteiger partial charge in [-0.25, -0.2) is 4.57 Å². The lowest BCUT2D eigenvalue weighted by molar-refractivity contribution is 0.385. The molecule has 0 aliphatic heterocycles. The highest BCUT2D eigenvalue weighted by molar-refractivity contribution is 7.52. The van der Waals surface area contributed by atoms with Crippen molar-refractivity contribution in [2.45, 2.75) is 26.7 Å². The molecule has 0 amide bonds. The van der Waals surface area contributed by atoms with Crippen molar-refractivity contribution < 1.29 is 14.0 Å². The Kier molecular flexibility index (Phi) is 3.95. The lowest BCUT2D eigenvalue weighted by Crippen LogP contribution is -1.97. The van der Waals surface area contributed by atoms with Crippen LogP contribution in [0, 0.1) is 6.92 Å². The van der Waals surface area contributed by atoms with Gasteiger partial charge >= 0.3 is 7.60 Å². The minimum atomic E-state index is -3.46. The Balaban J connectivity index is 3.05. The minimum Gasteiger partial charge on any atom is -0.424 e. The number of rotatable bonds is 4. The predicted molar refractivity (Wildman–Crippen MR) is 61.6 cm³/mol. The van der Waals surface area contributed by atoms with Gasteiger partial charge in [0.1, 0.15) is 5.75 Å². The maximum Gasteiger partial charge on any atom is 0.373 e. The number of benzene rings is 1. The highest BCUT2D eigenvalue weighted by Crippen LogP contribution is 2.40. The third-order valence-electron chi connectivity index (χ3n) is 2.13. The fourth-order valence-corrected chi connectivity index (χ4v) is 2.05. The molecule has 0 bridgehead atoms. The molecule has 1 N–H and O–H groups in total. The molecule has 0 saturated carbocycles. The van der Waals surface area contributed by atoms with Crippen molar-refractivity contribution in [1.29, 1.82) is 0 Å². The number of hydrogen-bond donors (Lipinski definition) is 1. The first-order valence-electron chi connectivity index (χ1n) is 5.02. The van der Waals surface area contributed by atoms with E-state index in [0.717, 1.165) is 24.0 Å². The SMILES string of the molecule is CCCc1c(C)cccc1OP(C)(=O)O. The molecule has 1 rings (SSSR count). The zero-order chi connectivity index (χ0) is 11.5. The molecule has 0 aromatic heterocycles. The van der Waals surface area contributed by atoms with Crippen molar-refractivity contribution in [3.63, 3.8) is 0 Å². The maximum absolute atomic E-state index is 11.2. The van der Waals surface area contributed by atoms with Crippen LogP contribution in [0.3, 0.4) is 0 Å². The molecule has 0 heterocycles. The molecule has 3 nitrogen and oxygen atoms in total. The Morgan fingerprint density at radius 3 is 2.67 bits per heavy atom. The fourth-order valence-electron chi connectivity index (χ4n) is 1.51. The molecular formula is C11H17O3P. The third kappa shape index (κ3) is 3.69. The summed E-state index contributed by atoms with van der Waals surface area (Å²) in [6.07, 6.45) is 1.85. The molecule has 84 valence electrons. The number of hydrogen-bond acceptors (Lipinski definition) is 2. The Bertz CT molecular complexity index is 381. The van der Waals surface area contributed by atoms with Gasteiger partial charge in [0.15, 0.2) is 0 Å². The molecule has 0 saturated heterocycles. The van der Waals surface area contributed by atoms with Gasteiger partial charge in [0.05, 0.1) is 0 Å². The third-order valence-corrected chi connectivity index (χ3v) is 2.67. The lowest BCUT2D eigenvalue weighted by atomic mass is 10.0. The van der Waals surface area contributed by atoms with Crippen LogP contribution in [0.2, 0.25) is 0 Å². The maximum atomic E-state index is 11.2. The zero-order valence-electron chi connectivity index (χ0n) is 9.36. The Morgan fingerprint density at radius 1 is 1.47 bits per heavy atom. The van der Waals surface area contributed by atoms with Crippen molar-refractivity contribution in [2.24, 2.45) is 0 Å². The normalized spacial score (nSPS) is 14.7. The van der Waals surface area contributed by atoms with Crippen LogP contribution in [0.15, 0.2) is 18.2 Å². The van der Waals surface area contributed by atoms with Crippen LogP contribution >= 0.6 is 7.60 Å². The van der Waals surface area contributed by atoms with Crippen LogP contribution in [0.4, 0.5) is 0 Å². The highest BCUT2D eigenvalue weighted by atomic mass is 31.2. The first kappa shape index (κ1) is 12.3. The topological polar surface area (TPSA) is 46.5 Å². The van der Waals surface area contributed by atoms with Crippen molar-refractivity contribution in [3.05, 3.63) is 29.3 Å². The fraction of sp³-hybridized carbons (Fsp3) is 0.455. The van der Waals surface area contributed by atoms with Gasteiger partial charge in [-0.05, 0) is 30.5 Å². The molecule has 4 heteroatoms. The van der Waals surface area contributed by atoms with E-state index in [0.29, 0.717) is 5.75 Å². The quantitative estimate of drug-likeness (QED) is 0.805. The van der Waals surface area contributed by atoms with Crippen LogP contribution in [-0.4, -0.2) is 11.6 Å². The van der Waals surface area contributed by atoms with E-state index < -0.39 is 7.60 Å². The van der Waals surface area contributed by atoms with E-state index in [4.69, 9.17) is 4.52 Å². The van der Waals surface area contributed by atoms with Crippen LogP contribution in [-0.2, 0) is 11.0 Å². The van der Waals surface area contributed by atoms with Crippen LogP contribution in [0.5, 0.6) is 5.75 Å². The average molecular weight is 228 g/mol. The monoisotopic (exact) mass is 228 g/mol. The van der Waals surface area contributed by atoms with Gasteiger partial charge in [-0.3, -0.25) is 0 Å². The Morgan fingerprint density at radius 2 is 2.13 bits per heavy atom. The summed E-state index contributed by atoms with van der Waals surface area (Å²) in [5, 5.41) is 0. The van der Waals surface area contributed by atoms with Gasteiger partial charge in [0, 0.05) is 6.66 Å². The highest BCUT2D eigenvalue weighted by Gasteiger charge is 2.15. The Hall–Kier alpha value is -0.790. The van der Waals surface area contributed by atoms with E-state index in [1.54, 1.807) is 6.07 Å². The van der Waals surface area contributed by atoms with E-state index in [9.17, 15) is 9.46 Å². The predicted octanol–water partition coefficient (Wildman–Crippen LogP) is 3.14. The summed E-state index contributed by atoms with van der Waals surface area (Å²) in [5.41, 5.74) is 2.12. The molecule has 1 atom stereocenters. The van der Waals surface area contributed by atoms with Crippen LogP contribution in [0.25, 0.3) is 0 Å². The summed E-state index contributed by atoms with van der Waals surface area (Å²) in [7, 11) is -3.46. The van der Waals surface area contributed by atoms with Crippen molar-refractivity contribution >= 4 is 7.60 Å². The Labute approximate surface area is 90.6 Å². The number of aryl methyl sites for hydroxylation is 1. The van der Waals surface area contributed by atoms with Gasteiger partial charge in [-0.2, -0.15) is 0 Å². The summed E-state index contributed by atoms with van der Waals surface area (Å²) in [5.74, 6) is 0.533. The molecule has 0 radical (unpaired) electrons. The van der Waals surface area contributed by atoms with E-state index in [1.165, 1.54) is 6.66 Å². The molecule has 0 spiro atoms. The van der Waals surface area contributed by atoms with Crippen LogP contribution in [0.1, 0.15) is 24.5 Å². The van der Waals surface area contributed by atoms with E-state index in [2.05, 4.69) is 6.92 Å². The van der Waals surface area contributed by atoms with Crippen molar-refractivity contribution in [1.82, 2.24) is 0 Å². The molecule has 0 aliphatic carbocycles. The molecule has 0 aliphatic rings. The molecule has 0 fully saturated rings. The van der Waals surface area contributed by atoms with Gasteiger partial charge in [-0.1, -0.05) is 25.5 Å². The zero-order valence-corrected chi connectivity index (χ0v) is 10.3. The second kappa shape index (κ2) is 4.82. The van der Waals surface area contributed by atoms with E-state index in [1.807, 2.05) is 19.1 Å². The second-order valence-corrected chi connectivity index (χ2v) is 5.48. The standard InChI is InChI=1S/C11H17O3P/c1-4-6-10-9(2)7-5-8-11(10)14-15(3,12)13/h5,7-8H,4,6H2,1-3H3,(H,12,13). The van der Waals surface area contributed by atoms with Crippen LogP contribution < -0.4 is 4.52 Å². The van der Waals surface area contributed by atoms with E-state index in [-0.39, 0.29) is 0 Å². The smallest absolute Gasteiger partial charge is 0.373 e. The van der Waals surface area contributed by atoms with Crippen molar-refractivity contribution in [2.75, 3.05) is 6.66 Å². The molecule has 15 heavy (non-hydrogen) atoms. The summed E-state index contributed by atoms with van der Waals surface area (Å²) in [6.45, 7) is 5.25. The summed E-state index contributed by atoms with van der Waals surface area (Å²) >= 11 is 0. The van der Waals surface area contributed by atoms with E-state index >= 15 is 0 Å². The first-order chi connectivity index (χ1) is 6.94. The largest absolute Gasteiger partial charge is 0.424 e. The average Bonchev–Trinajstić information content (AvgIpc) is 2.08. The summed E-state index contributed by atoms with van der Waals surface area (Å²) < 4.78 is 16.3. The van der Waals surface area contributed by atoms with Gasteiger partial charge in [0.2, 0.25) is 0 Å². The minimum absolute atomic E-state index is 0.533. The molecule has 1 aromatic carbocycles. The molecule has 1 unspecified atom stereocenters. The summed E-state index contributed by atoms with van der Waals surface area (Å²) in [4.78, 5) is 9.19. The van der Waals surface area contributed by atoms with Gasteiger partial charge < -0.3 is 9.42 Å². The molecular weight excluding hydrogens is 211 g/mol. The molecule has 1 aromatic rings. The first-order valence-corrected chi connectivity index (χ1v) is 7.05.